The SMILES string of the molecule is CC(=O)Nc1ccc(SCC2OC(c3ccc(-c4cccc(CNC(=O)c5ccccc5)c4)cc3)OC(c3ccc(CO)cc3)C2C)cc1. The van der Waals surface area contributed by atoms with Gasteiger partial charge in [-0.15, -0.1) is 11.8 Å². The van der Waals surface area contributed by atoms with Gasteiger partial charge >= 0.3 is 0 Å². The van der Waals surface area contributed by atoms with Gasteiger partial charge in [0.05, 0.1) is 18.8 Å². The van der Waals surface area contributed by atoms with Crippen LogP contribution in [0.2, 0.25) is 0 Å². The van der Waals surface area contributed by atoms with Gasteiger partial charge in [0.1, 0.15) is 0 Å². The maximum absolute atomic E-state index is 12.5. The van der Waals surface area contributed by atoms with Gasteiger partial charge in [0.2, 0.25) is 5.91 Å². The van der Waals surface area contributed by atoms with Gasteiger partial charge in [-0.05, 0) is 70.3 Å². The van der Waals surface area contributed by atoms with Gasteiger partial charge in [0.25, 0.3) is 5.91 Å². The van der Waals surface area contributed by atoms with Crippen molar-refractivity contribution in [1.29, 1.82) is 0 Å². The van der Waals surface area contributed by atoms with E-state index in [2.05, 4.69) is 54.0 Å². The van der Waals surface area contributed by atoms with E-state index in [-0.39, 0.29) is 36.5 Å². The summed E-state index contributed by atoms with van der Waals surface area (Å²) in [5.41, 5.74) is 7.34. The molecule has 1 saturated heterocycles. The van der Waals surface area contributed by atoms with Crippen LogP contribution in [0.3, 0.4) is 0 Å². The fourth-order valence-corrected chi connectivity index (χ4v) is 6.96. The maximum Gasteiger partial charge on any atom is 0.251 e. The van der Waals surface area contributed by atoms with Crippen molar-refractivity contribution in [3.63, 3.8) is 0 Å². The molecule has 0 bridgehead atoms. The summed E-state index contributed by atoms with van der Waals surface area (Å²) in [5, 5.41) is 15.4. The zero-order chi connectivity index (χ0) is 34.2. The van der Waals surface area contributed by atoms with Crippen LogP contribution in [0.15, 0.2) is 132 Å². The Morgan fingerprint density at radius 3 is 2.16 bits per heavy atom. The number of amides is 2. The van der Waals surface area contributed by atoms with Gasteiger partial charge in [-0.3, -0.25) is 9.59 Å². The fourth-order valence-electron chi connectivity index (χ4n) is 5.89. The first-order chi connectivity index (χ1) is 23.9. The van der Waals surface area contributed by atoms with E-state index in [1.807, 2.05) is 78.9 Å². The molecular weight excluding hydrogens is 633 g/mol. The molecule has 1 aliphatic heterocycles. The molecule has 5 aromatic rings. The van der Waals surface area contributed by atoms with Gasteiger partial charge in [-0.1, -0.05) is 91.9 Å². The van der Waals surface area contributed by atoms with Crippen LogP contribution in [-0.2, 0) is 27.4 Å². The number of hydrogen-bond donors (Lipinski definition) is 3. The lowest BCUT2D eigenvalue weighted by molar-refractivity contribution is -0.268. The minimum atomic E-state index is -0.569. The number of aliphatic hydroxyl groups is 1. The maximum atomic E-state index is 12.5. The number of ether oxygens (including phenoxy) is 2. The fraction of sp³-hybridized carbons (Fsp3) is 0.220. The quantitative estimate of drug-likeness (QED) is 0.122. The Morgan fingerprint density at radius 2 is 1.47 bits per heavy atom. The second-order valence-electron chi connectivity index (χ2n) is 12.2. The molecule has 3 N–H and O–H groups in total. The van der Waals surface area contributed by atoms with Crippen molar-refractivity contribution in [2.24, 2.45) is 5.92 Å². The highest BCUT2D eigenvalue weighted by atomic mass is 32.2. The van der Waals surface area contributed by atoms with E-state index in [4.69, 9.17) is 9.47 Å². The summed E-state index contributed by atoms with van der Waals surface area (Å²) in [4.78, 5) is 25.0. The molecule has 2 amide bonds. The third-order valence-electron chi connectivity index (χ3n) is 8.64. The van der Waals surface area contributed by atoms with Crippen LogP contribution in [0.1, 0.15) is 58.9 Å². The standard InChI is InChI=1S/C41H40N2O5S/c1-27-38(26-49-37-21-19-36(20-22-37)43-28(2)45)47-41(48-39(27)32-13-11-29(25-44)12-14-32)34-17-15-31(16-18-34)35-10-6-7-30(23-35)24-42-40(46)33-8-4-3-5-9-33/h3-23,27,38-39,41,44H,24-26H2,1-2H3,(H,42,46)(H,43,45). The average Bonchev–Trinajstić information content (AvgIpc) is 3.14. The Hall–Kier alpha value is -4.73. The molecule has 0 saturated carbocycles. The Kier molecular flexibility index (Phi) is 11.2. The van der Waals surface area contributed by atoms with Crippen molar-refractivity contribution in [3.05, 3.63) is 155 Å². The number of nitrogens with one attached hydrogen (secondary N) is 2. The van der Waals surface area contributed by atoms with Crippen LogP contribution in [0.5, 0.6) is 0 Å². The summed E-state index contributed by atoms with van der Waals surface area (Å²) in [6.07, 6.45) is -0.884. The van der Waals surface area contributed by atoms with E-state index in [0.29, 0.717) is 12.1 Å². The van der Waals surface area contributed by atoms with E-state index >= 15 is 0 Å². The summed E-state index contributed by atoms with van der Waals surface area (Å²) in [5.74, 6) is 0.584. The highest BCUT2D eigenvalue weighted by molar-refractivity contribution is 7.99. The smallest absolute Gasteiger partial charge is 0.251 e. The molecule has 8 heteroatoms. The molecule has 4 unspecified atom stereocenters. The zero-order valence-corrected chi connectivity index (χ0v) is 28.4. The Morgan fingerprint density at radius 1 is 0.755 bits per heavy atom. The number of hydrogen-bond acceptors (Lipinski definition) is 6. The van der Waals surface area contributed by atoms with Crippen molar-refractivity contribution in [2.45, 2.75) is 50.4 Å². The van der Waals surface area contributed by atoms with E-state index in [9.17, 15) is 14.7 Å². The van der Waals surface area contributed by atoms with Crippen molar-refractivity contribution in [3.8, 4) is 11.1 Å². The van der Waals surface area contributed by atoms with Gasteiger partial charge in [-0.2, -0.15) is 0 Å². The summed E-state index contributed by atoms with van der Waals surface area (Å²) >= 11 is 1.71. The summed E-state index contributed by atoms with van der Waals surface area (Å²) in [6, 6.07) is 41.4. The van der Waals surface area contributed by atoms with Crippen molar-refractivity contribution in [1.82, 2.24) is 5.32 Å². The van der Waals surface area contributed by atoms with Crippen LogP contribution < -0.4 is 10.6 Å². The molecule has 4 atom stereocenters. The average molecular weight is 673 g/mol. The number of anilines is 1. The lowest BCUT2D eigenvalue weighted by atomic mass is 9.91. The Labute approximate surface area is 291 Å². The predicted molar refractivity (Wildman–Crippen MR) is 194 cm³/mol. The number of carbonyl (C=O) groups excluding carboxylic acids is 2. The topological polar surface area (TPSA) is 96.9 Å². The highest BCUT2D eigenvalue weighted by Gasteiger charge is 2.38. The molecule has 0 aliphatic carbocycles. The lowest BCUT2D eigenvalue weighted by Gasteiger charge is -2.41. The zero-order valence-electron chi connectivity index (χ0n) is 27.5. The van der Waals surface area contributed by atoms with E-state index in [1.165, 1.54) is 6.92 Å². The molecule has 7 nitrogen and oxygen atoms in total. The second kappa shape index (κ2) is 16.1. The first-order valence-corrected chi connectivity index (χ1v) is 17.4. The Balaban J connectivity index is 1.17. The number of aliphatic hydroxyl groups excluding tert-OH is 1. The summed E-state index contributed by atoms with van der Waals surface area (Å²) < 4.78 is 13.3. The minimum Gasteiger partial charge on any atom is -0.392 e. The van der Waals surface area contributed by atoms with E-state index in [1.54, 1.807) is 23.9 Å². The monoisotopic (exact) mass is 672 g/mol. The molecular formula is C41H40N2O5S. The molecule has 1 heterocycles. The van der Waals surface area contributed by atoms with Gasteiger partial charge in [-0.25, -0.2) is 0 Å². The van der Waals surface area contributed by atoms with Crippen LogP contribution in [0.25, 0.3) is 11.1 Å². The molecule has 1 aliphatic rings. The Bertz CT molecular complexity index is 1850. The minimum absolute atomic E-state index is 0.00926. The molecule has 0 spiro atoms. The van der Waals surface area contributed by atoms with Gasteiger partial charge < -0.3 is 25.2 Å². The third kappa shape index (κ3) is 8.85. The number of rotatable bonds is 11. The van der Waals surface area contributed by atoms with Gasteiger partial charge in [0.15, 0.2) is 6.29 Å². The van der Waals surface area contributed by atoms with E-state index < -0.39 is 6.29 Å². The third-order valence-corrected chi connectivity index (χ3v) is 9.75. The van der Waals surface area contributed by atoms with Crippen LogP contribution in [-0.4, -0.2) is 28.8 Å². The van der Waals surface area contributed by atoms with Crippen LogP contribution in [0, 0.1) is 5.92 Å². The normalized spacial score (nSPS) is 18.8. The summed E-state index contributed by atoms with van der Waals surface area (Å²) in [6.45, 7) is 4.08. The predicted octanol–water partition coefficient (Wildman–Crippen LogP) is 8.32. The molecule has 6 rings (SSSR count). The van der Waals surface area contributed by atoms with Crippen molar-refractivity contribution >= 4 is 29.3 Å². The highest BCUT2D eigenvalue weighted by Crippen LogP contribution is 2.43. The van der Waals surface area contributed by atoms with Gasteiger partial charge in [0, 0.05) is 46.8 Å². The molecule has 0 aromatic heterocycles. The second-order valence-corrected chi connectivity index (χ2v) is 13.3. The lowest BCUT2D eigenvalue weighted by Crippen LogP contribution is -2.38. The van der Waals surface area contributed by atoms with Crippen LogP contribution in [0.4, 0.5) is 5.69 Å². The number of carbonyl (C=O) groups is 2. The molecule has 1 fully saturated rings. The molecule has 49 heavy (non-hydrogen) atoms. The van der Waals surface area contributed by atoms with Crippen LogP contribution >= 0.6 is 11.8 Å². The molecule has 250 valence electrons. The van der Waals surface area contributed by atoms with Crippen molar-refractivity contribution < 1.29 is 24.2 Å². The first-order valence-electron chi connectivity index (χ1n) is 16.4. The van der Waals surface area contributed by atoms with Crippen molar-refractivity contribution in [2.75, 3.05) is 11.1 Å². The number of thioether (sulfide) groups is 1. The molecule has 5 aromatic carbocycles. The molecule has 0 radical (unpaired) electrons. The number of benzene rings is 5. The van der Waals surface area contributed by atoms with E-state index in [0.717, 1.165) is 49.7 Å². The first kappa shape index (κ1) is 34.1. The largest absolute Gasteiger partial charge is 0.392 e. The summed E-state index contributed by atoms with van der Waals surface area (Å²) in [7, 11) is 0.